The zero-order chi connectivity index (χ0) is 20.1. The van der Waals surface area contributed by atoms with Gasteiger partial charge < -0.3 is 15.3 Å². The van der Waals surface area contributed by atoms with E-state index in [0.717, 1.165) is 21.8 Å². The molecule has 0 saturated heterocycles. The number of aliphatic hydroxyl groups excluding tert-OH is 1. The van der Waals surface area contributed by atoms with Gasteiger partial charge in [0.2, 0.25) is 5.95 Å². The highest BCUT2D eigenvalue weighted by molar-refractivity contribution is 7.13. The summed E-state index contributed by atoms with van der Waals surface area (Å²) in [5.74, 6) is 0.500. The van der Waals surface area contributed by atoms with E-state index in [1.165, 1.54) is 11.3 Å². The van der Waals surface area contributed by atoms with Crippen molar-refractivity contribution in [1.82, 2.24) is 14.9 Å². The molecule has 1 atom stereocenters. The fourth-order valence-corrected chi connectivity index (χ4v) is 3.69. The SMILES string of the molecule is CCN(CC)C(=O)c1csc(-c2ccnc(Nc3cccc(C(C)O)c3)n2)c1. The van der Waals surface area contributed by atoms with Crippen molar-refractivity contribution in [2.75, 3.05) is 18.4 Å². The smallest absolute Gasteiger partial charge is 0.254 e. The van der Waals surface area contributed by atoms with Crippen molar-refractivity contribution in [3.63, 3.8) is 0 Å². The van der Waals surface area contributed by atoms with Crippen LogP contribution < -0.4 is 5.32 Å². The van der Waals surface area contributed by atoms with Gasteiger partial charge in [-0.1, -0.05) is 12.1 Å². The van der Waals surface area contributed by atoms with Gasteiger partial charge in [-0.3, -0.25) is 4.79 Å². The first-order chi connectivity index (χ1) is 13.5. The molecule has 0 saturated carbocycles. The summed E-state index contributed by atoms with van der Waals surface area (Å²) < 4.78 is 0. The first-order valence-corrected chi connectivity index (χ1v) is 10.2. The molecule has 28 heavy (non-hydrogen) atoms. The molecule has 1 amide bonds. The zero-order valence-electron chi connectivity index (χ0n) is 16.2. The summed E-state index contributed by atoms with van der Waals surface area (Å²) in [5.41, 5.74) is 3.06. The number of hydrogen-bond acceptors (Lipinski definition) is 6. The number of anilines is 2. The quantitative estimate of drug-likeness (QED) is 0.615. The number of aliphatic hydroxyl groups is 1. The largest absolute Gasteiger partial charge is 0.389 e. The van der Waals surface area contributed by atoms with Crippen molar-refractivity contribution in [2.45, 2.75) is 26.9 Å². The third-order valence-electron chi connectivity index (χ3n) is 4.43. The summed E-state index contributed by atoms with van der Waals surface area (Å²) in [6.07, 6.45) is 1.15. The third-order valence-corrected chi connectivity index (χ3v) is 5.38. The fourth-order valence-electron chi connectivity index (χ4n) is 2.84. The Bertz CT molecular complexity index is 951. The monoisotopic (exact) mass is 396 g/mol. The average Bonchev–Trinajstić information content (AvgIpc) is 3.19. The Morgan fingerprint density at radius 1 is 1.25 bits per heavy atom. The topological polar surface area (TPSA) is 78.4 Å². The number of nitrogens with one attached hydrogen (secondary N) is 1. The highest BCUT2D eigenvalue weighted by Crippen LogP contribution is 2.27. The Kier molecular flexibility index (Phi) is 6.38. The number of carbonyl (C=O) groups is 1. The Labute approximate surface area is 168 Å². The molecule has 0 fully saturated rings. The number of benzene rings is 1. The van der Waals surface area contributed by atoms with Crippen molar-refractivity contribution in [2.24, 2.45) is 0 Å². The molecule has 0 aliphatic carbocycles. The second-order valence-electron chi connectivity index (χ2n) is 6.37. The second kappa shape index (κ2) is 8.95. The summed E-state index contributed by atoms with van der Waals surface area (Å²) in [6, 6.07) is 11.2. The van der Waals surface area contributed by atoms with Crippen LogP contribution in [0.15, 0.2) is 48.0 Å². The predicted octanol–water partition coefficient (Wildman–Crippen LogP) is 4.48. The van der Waals surface area contributed by atoms with Gasteiger partial charge in [0.25, 0.3) is 5.91 Å². The molecule has 1 aromatic carbocycles. The van der Waals surface area contributed by atoms with Crippen LogP contribution in [0.2, 0.25) is 0 Å². The van der Waals surface area contributed by atoms with Crippen LogP contribution in [0.1, 0.15) is 42.8 Å². The fraction of sp³-hybridized carbons (Fsp3) is 0.286. The van der Waals surface area contributed by atoms with Gasteiger partial charge in [-0.25, -0.2) is 9.97 Å². The van der Waals surface area contributed by atoms with Crippen LogP contribution in [0.3, 0.4) is 0 Å². The van der Waals surface area contributed by atoms with Crippen LogP contribution in [-0.4, -0.2) is 39.0 Å². The summed E-state index contributed by atoms with van der Waals surface area (Å²) in [7, 11) is 0. The molecule has 2 heterocycles. The van der Waals surface area contributed by atoms with E-state index in [9.17, 15) is 9.90 Å². The van der Waals surface area contributed by atoms with Gasteiger partial charge in [-0.2, -0.15) is 0 Å². The molecule has 6 nitrogen and oxygen atoms in total. The minimum absolute atomic E-state index is 0.0369. The first-order valence-electron chi connectivity index (χ1n) is 9.28. The standard InChI is InChI=1S/C21H24N4O2S/c1-4-25(5-2)20(27)16-12-19(28-13-16)18-9-10-22-21(24-18)23-17-8-6-7-15(11-17)14(3)26/h6-14,26H,4-5H2,1-3H3,(H,22,23,24). The second-order valence-corrected chi connectivity index (χ2v) is 7.28. The number of nitrogens with zero attached hydrogens (tertiary/aromatic N) is 3. The van der Waals surface area contributed by atoms with Crippen LogP contribution in [0.5, 0.6) is 0 Å². The van der Waals surface area contributed by atoms with E-state index < -0.39 is 6.10 Å². The van der Waals surface area contributed by atoms with Crippen molar-refractivity contribution >= 4 is 28.9 Å². The van der Waals surface area contributed by atoms with Gasteiger partial charge in [-0.05, 0) is 50.6 Å². The van der Waals surface area contributed by atoms with E-state index >= 15 is 0 Å². The number of carbonyl (C=O) groups excluding carboxylic acids is 1. The summed E-state index contributed by atoms with van der Waals surface area (Å²) >= 11 is 1.49. The number of amides is 1. The molecule has 0 aliphatic rings. The number of aromatic nitrogens is 2. The first kappa shape index (κ1) is 20.0. The van der Waals surface area contributed by atoms with Crippen molar-refractivity contribution in [3.8, 4) is 10.6 Å². The van der Waals surface area contributed by atoms with Gasteiger partial charge in [0, 0.05) is 30.4 Å². The van der Waals surface area contributed by atoms with Gasteiger partial charge in [0.05, 0.1) is 22.2 Å². The van der Waals surface area contributed by atoms with Crippen LogP contribution in [-0.2, 0) is 0 Å². The maximum absolute atomic E-state index is 12.5. The molecule has 2 aromatic heterocycles. The van der Waals surface area contributed by atoms with Gasteiger partial charge in [0.15, 0.2) is 0 Å². The lowest BCUT2D eigenvalue weighted by atomic mass is 10.1. The van der Waals surface area contributed by atoms with E-state index in [0.29, 0.717) is 24.6 Å². The molecule has 0 aliphatic heterocycles. The highest BCUT2D eigenvalue weighted by atomic mass is 32.1. The molecular weight excluding hydrogens is 372 g/mol. The molecule has 2 N–H and O–H groups in total. The molecule has 1 unspecified atom stereocenters. The summed E-state index contributed by atoms with van der Waals surface area (Å²) in [4.78, 5) is 24.1. The van der Waals surface area contributed by atoms with Gasteiger partial charge in [0.1, 0.15) is 0 Å². The average molecular weight is 397 g/mol. The van der Waals surface area contributed by atoms with E-state index in [4.69, 9.17) is 0 Å². The lowest BCUT2D eigenvalue weighted by Gasteiger charge is -2.17. The predicted molar refractivity (Wildman–Crippen MR) is 113 cm³/mol. The van der Waals surface area contributed by atoms with Crippen LogP contribution >= 0.6 is 11.3 Å². The summed E-state index contributed by atoms with van der Waals surface area (Å²) in [6.45, 7) is 7.05. The molecular formula is C21H24N4O2S. The van der Waals surface area contributed by atoms with E-state index in [-0.39, 0.29) is 5.91 Å². The van der Waals surface area contributed by atoms with E-state index in [1.54, 1.807) is 18.0 Å². The summed E-state index contributed by atoms with van der Waals surface area (Å²) in [5, 5.41) is 14.8. The minimum atomic E-state index is -0.540. The van der Waals surface area contributed by atoms with E-state index in [2.05, 4.69) is 15.3 Å². The normalized spacial score (nSPS) is 11.9. The lowest BCUT2D eigenvalue weighted by molar-refractivity contribution is 0.0773. The molecule has 7 heteroatoms. The maximum atomic E-state index is 12.5. The van der Waals surface area contributed by atoms with Gasteiger partial charge >= 0.3 is 0 Å². The Hall–Kier alpha value is -2.77. The molecule has 0 radical (unpaired) electrons. The Morgan fingerprint density at radius 2 is 2.04 bits per heavy atom. The Balaban J connectivity index is 1.80. The zero-order valence-corrected chi connectivity index (χ0v) is 17.0. The number of rotatable bonds is 7. The third kappa shape index (κ3) is 4.55. The van der Waals surface area contributed by atoms with Crippen LogP contribution in [0, 0.1) is 0 Å². The van der Waals surface area contributed by atoms with Crippen LogP contribution in [0.25, 0.3) is 10.6 Å². The number of thiophene rings is 1. The minimum Gasteiger partial charge on any atom is -0.389 e. The molecule has 0 bridgehead atoms. The van der Waals surface area contributed by atoms with E-state index in [1.807, 2.05) is 55.6 Å². The molecule has 0 spiro atoms. The highest BCUT2D eigenvalue weighted by Gasteiger charge is 2.15. The van der Waals surface area contributed by atoms with Crippen molar-refractivity contribution in [1.29, 1.82) is 0 Å². The van der Waals surface area contributed by atoms with Gasteiger partial charge in [-0.15, -0.1) is 11.3 Å². The van der Waals surface area contributed by atoms with Crippen molar-refractivity contribution in [3.05, 3.63) is 59.1 Å². The molecule has 146 valence electrons. The Morgan fingerprint density at radius 3 is 2.75 bits per heavy atom. The molecule has 3 aromatic rings. The van der Waals surface area contributed by atoms with Crippen LogP contribution in [0.4, 0.5) is 11.6 Å². The number of hydrogen-bond donors (Lipinski definition) is 2. The van der Waals surface area contributed by atoms with Crippen molar-refractivity contribution < 1.29 is 9.90 Å². The lowest BCUT2D eigenvalue weighted by Crippen LogP contribution is -2.30. The molecule has 3 rings (SSSR count). The maximum Gasteiger partial charge on any atom is 0.254 e.